The van der Waals surface area contributed by atoms with Crippen molar-refractivity contribution >= 4 is 5.91 Å². The largest absolute Gasteiger partial charge is 0.350 e. The predicted octanol–water partition coefficient (Wildman–Crippen LogP) is 3.38. The molecule has 1 amide bonds. The molecule has 2 rings (SSSR count). The molecule has 1 unspecified atom stereocenters. The lowest BCUT2D eigenvalue weighted by atomic mass is 9.99. The summed E-state index contributed by atoms with van der Waals surface area (Å²) >= 11 is 0. The van der Waals surface area contributed by atoms with Crippen LogP contribution >= 0.6 is 0 Å². The highest BCUT2D eigenvalue weighted by atomic mass is 19.1. The number of halogens is 1. The number of amides is 1. The average Bonchev–Trinajstić information content (AvgIpc) is 2.52. The summed E-state index contributed by atoms with van der Waals surface area (Å²) in [5.41, 5.74) is 8.59. The number of nitrogens with one attached hydrogen (secondary N) is 1. The van der Waals surface area contributed by atoms with E-state index in [0.717, 1.165) is 5.56 Å². The van der Waals surface area contributed by atoms with E-state index in [9.17, 15) is 9.18 Å². The maximum absolute atomic E-state index is 13.1. The van der Waals surface area contributed by atoms with Gasteiger partial charge < -0.3 is 11.1 Å². The molecule has 0 heterocycles. The van der Waals surface area contributed by atoms with Gasteiger partial charge in [-0.3, -0.25) is 4.79 Å². The maximum atomic E-state index is 13.1. The second-order valence-corrected chi connectivity index (χ2v) is 5.65. The second-order valence-electron chi connectivity index (χ2n) is 5.65. The first-order valence-electron chi connectivity index (χ1n) is 7.36. The van der Waals surface area contributed by atoms with E-state index in [2.05, 4.69) is 19.2 Å². The van der Waals surface area contributed by atoms with E-state index < -0.39 is 5.82 Å². The molecule has 0 aliphatic rings. The summed E-state index contributed by atoms with van der Waals surface area (Å²) in [6, 6.07) is 13.4. The maximum Gasteiger partial charge on any atom is 0.251 e. The van der Waals surface area contributed by atoms with Crippen LogP contribution in [-0.4, -0.2) is 12.5 Å². The molecule has 0 radical (unpaired) electrons. The van der Waals surface area contributed by atoms with Crippen molar-refractivity contribution in [1.29, 1.82) is 0 Å². The highest BCUT2D eigenvalue weighted by Crippen LogP contribution is 2.17. The van der Waals surface area contributed by atoms with E-state index >= 15 is 0 Å². The lowest BCUT2D eigenvalue weighted by Gasteiger charge is -2.14. The lowest BCUT2D eigenvalue weighted by molar-refractivity contribution is 0.0950. The Kier molecular flexibility index (Phi) is 5.28. The fourth-order valence-electron chi connectivity index (χ4n) is 2.18. The van der Waals surface area contributed by atoms with Gasteiger partial charge in [0, 0.05) is 18.2 Å². The van der Waals surface area contributed by atoms with Crippen LogP contribution in [0.3, 0.4) is 0 Å². The summed E-state index contributed by atoms with van der Waals surface area (Å²) in [5, 5.41) is 2.73. The Morgan fingerprint density at radius 3 is 2.36 bits per heavy atom. The molecule has 116 valence electrons. The summed E-state index contributed by atoms with van der Waals surface area (Å²) in [6.45, 7) is 4.57. The topological polar surface area (TPSA) is 55.1 Å². The summed E-state index contributed by atoms with van der Waals surface area (Å²) in [6.07, 6.45) is 0. The summed E-state index contributed by atoms with van der Waals surface area (Å²) in [4.78, 5) is 11.9. The number of hydrogen-bond donors (Lipinski definition) is 2. The Morgan fingerprint density at radius 2 is 1.77 bits per heavy atom. The monoisotopic (exact) mass is 300 g/mol. The Balaban J connectivity index is 1.94. The van der Waals surface area contributed by atoms with Crippen molar-refractivity contribution in [3.8, 4) is 0 Å². The minimum atomic E-state index is -0.429. The molecule has 2 aromatic rings. The van der Waals surface area contributed by atoms with Gasteiger partial charge in [0.1, 0.15) is 5.82 Å². The molecule has 4 heteroatoms. The highest BCUT2D eigenvalue weighted by Gasteiger charge is 2.10. The SMILES string of the molecule is CC(C)c1ccc(C(N)CNC(=O)c2cccc(F)c2)cc1. The van der Waals surface area contributed by atoms with E-state index in [-0.39, 0.29) is 11.9 Å². The van der Waals surface area contributed by atoms with Crippen LogP contribution in [0.2, 0.25) is 0 Å². The van der Waals surface area contributed by atoms with Gasteiger partial charge in [0.05, 0.1) is 0 Å². The van der Waals surface area contributed by atoms with Gasteiger partial charge >= 0.3 is 0 Å². The molecular weight excluding hydrogens is 279 g/mol. The highest BCUT2D eigenvalue weighted by molar-refractivity contribution is 5.94. The van der Waals surface area contributed by atoms with Crippen LogP contribution in [0.15, 0.2) is 48.5 Å². The zero-order valence-electron chi connectivity index (χ0n) is 12.8. The molecule has 0 aliphatic heterocycles. The Labute approximate surface area is 130 Å². The molecule has 0 aromatic heterocycles. The van der Waals surface area contributed by atoms with Crippen molar-refractivity contribution in [3.05, 3.63) is 71.0 Å². The first kappa shape index (κ1) is 16.2. The number of hydrogen-bond acceptors (Lipinski definition) is 2. The third-order valence-electron chi connectivity index (χ3n) is 3.60. The van der Waals surface area contributed by atoms with Gasteiger partial charge in [0.15, 0.2) is 0 Å². The van der Waals surface area contributed by atoms with Gasteiger partial charge in [-0.25, -0.2) is 4.39 Å². The first-order valence-corrected chi connectivity index (χ1v) is 7.36. The number of benzene rings is 2. The van der Waals surface area contributed by atoms with Gasteiger partial charge in [0.25, 0.3) is 5.91 Å². The Bertz CT molecular complexity index is 638. The van der Waals surface area contributed by atoms with Crippen molar-refractivity contribution in [2.75, 3.05) is 6.54 Å². The van der Waals surface area contributed by atoms with E-state index in [1.165, 1.54) is 23.8 Å². The van der Waals surface area contributed by atoms with Gasteiger partial charge in [-0.2, -0.15) is 0 Å². The van der Waals surface area contributed by atoms with E-state index in [0.29, 0.717) is 18.0 Å². The standard InChI is InChI=1S/C18H21FN2O/c1-12(2)13-6-8-14(9-7-13)17(20)11-21-18(22)15-4-3-5-16(19)10-15/h3-10,12,17H,11,20H2,1-2H3,(H,21,22). The van der Waals surface area contributed by atoms with Crippen LogP contribution in [-0.2, 0) is 0 Å². The molecule has 22 heavy (non-hydrogen) atoms. The van der Waals surface area contributed by atoms with Crippen LogP contribution in [0.1, 0.15) is 47.3 Å². The number of carbonyl (C=O) groups excluding carboxylic acids is 1. The van der Waals surface area contributed by atoms with Crippen LogP contribution in [0.4, 0.5) is 4.39 Å². The molecule has 3 nitrogen and oxygen atoms in total. The molecular formula is C18H21FN2O. The van der Waals surface area contributed by atoms with Gasteiger partial charge in [-0.05, 0) is 35.2 Å². The Morgan fingerprint density at radius 1 is 1.14 bits per heavy atom. The first-order chi connectivity index (χ1) is 10.5. The molecule has 1 atom stereocenters. The smallest absolute Gasteiger partial charge is 0.251 e. The molecule has 2 aromatic carbocycles. The van der Waals surface area contributed by atoms with Crippen LogP contribution < -0.4 is 11.1 Å². The lowest BCUT2D eigenvalue weighted by Crippen LogP contribution is -2.31. The normalized spacial score (nSPS) is 12.2. The fraction of sp³-hybridized carbons (Fsp3) is 0.278. The molecule has 0 fully saturated rings. The van der Waals surface area contributed by atoms with E-state index in [1.54, 1.807) is 6.07 Å². The van der Waals surface area contributed by atoms with Gasteiger partial charge in [0.2, 0.25) is 0 Å². The molecule has 0 saturated carbocycles. The van der Waals surface area contributed by atoms with Gasteiger partial charge in [-0.1, -0.05) is 44.2 Å². The molecule has 0 saturated heterocycles. The molecule has 0 bridgehead atoms. The van der Waals surface area contributed by atoms with Crippen molar-refractivity contribution < 1.29 is 9.18 Å². The van der Waals surface area contributed by atoms with Crippen LogP contribution in [0.25, 0.3) is 0 Å². The summed E-state index contributed by atoms with van der Waals surface area (Å²) in [5.74, 6) is -0.284. The van der Waals surface area contributed by atoms with Crippen molar-refractivity contribution in [2.45, 2.75) is 25.8 Å². The van der Waals surface area contributed by atoms with Crippen molar-refractivity contribution in [3.63, 3.8) is 0 Å². The van der Waals surface area contributed by atoms with E-state index in [4.69, 9.17) is 5.73 Å². The number of carbonyl (C=O) groups is 1. The summed E-state index contributed by atoms with van der Waals surface area (Å²) < 4.78 is 13.1. The summed E-state index contributed by atoms with van der Waals surface area (Å²) in [7, 11) is 0. The predicted molar refractivity (Wildman–Crippen MR) is 86.2 cm³/mol. The number of rotatable bonds is 5. The van der Waals surface area contributed by atoms with Crippen LogP contribution in [0, 0.1) is 5.82 Å². The van der Waals surface area contributed by atoms with E-state index in [1.807, 2.05) is 24.3 Å². The third kappa shape index (κ3) is 4.15. The van der Waals surface area contributed by atoms with Crippen molar-refractivity contribution in [2.24, 2.45) is 5.73 Å². The molecule has 3 N–H and O–H groups in total. The number of nitrogens with two attached hydrogens (primary N) is 1. The molecule has 0 aliphatic carbocycles. The quantitative estimate of drug-likeness (QED) is 0.889. The second kappa shape index (κ2) is 7.18. The average molecular weight is 300 g/mol. The molecule has 0 spiro atoms. The van der Waals surface area contributed by atoms with Gasteiger partial charge in [-0.15, -0.1) is 0 Å². The van der Waals surface area contributed by atoms with Crippen molar-refractivity contribution in [1.82, 2.24) is 5.32 Å². The minimum Gasteiger partial charge on any atom is -0.350 e. The minimum absolute atomic E-state index is 0.293. The zero-order chi connectivity index (χ0) is 16.1. The third-order valence-corrected chi connectivity index (χ3v) is 3.60. The zero-order valence-corrected chi connectivity index (χ0v) is 12.8. The Hall–Kier alpha value is -2.20. The fourth-order valence-corrected chi connectivity index (χ4v) is 2.18. The van der Waals surface area contributed by atoms with Crippen LogP contribution in [0.5, 0.6) is 0 Å².